The van der Waals surface area contributed by atoms with Crippen LogP contribution in [0.15, 0.2) is 48.6 Å². The van der Waals surface area contributed by atoms with Crippen LogP contribution >= 0.6 is 0 Å². The van der Waals surface area contributed by atoms with Crippen molar-refractivity contribution < 1.29 is 4.79 Å². The number of nitrogens with one attached hydrogen (secondary N) is 1. The monoisotopic (exact) mass is 231 g/mol. The molecule has 0 heterocycles. The third-order valence-electron chi connectivity index (χ3n) is 2.59. The maximum atomic E-state index is 11.6. The minimum atomic E-state index is -0.0648. The molecule has 1 rings (SSSR count). The van der Waals surface area contributed by atoms with Crippen LogP contribution in [0.5, 0.6) is 0 Å². The molecule has 2 nitrogen and oxygen atoms in total. The molecule has 0 spiro atoms. The lowest BCUT2D eigenvalue weighted by molar-refractivity contribution is -0.117. The zero-order chi connectivity index (χ0) is 12.7. The molecule has 1 amide bonds. The highest BCUT2D eigenvalue weighted by molar-refractivity contribution is 5.95. The van der Waals surface area contributed by atoms with E-state index >= 15 is 0 Å². The van der Waals surface area contributed by atoms with E-state index in [1.807, 2.05) is 19.1 Å². The predicted octanol–water partition coefficient (Wildman–Crippen LogP) is 3.29. The summed E-state index contributed by atoms with van der Waals surface area (Å²) < 4.78 is 0. The first kappa shape index (κ1) is 13.5. The van der Waals surface area contributed by atoms with Gasteiger partial charge < -0.3 is 5.32 Å². The largest absolute Gasteiger partial charge is 0.349 e. The molecular formula is C15H21NO. The molecule has 1 fully saturated rings. The van der Waals surface area contributed by atoms with E-state index in [-0.39, 0.29) is 5.91 Å². The van der Waals surface area contributed by atoms with E-state index < -0.39 is 0 Å². The van der Waals surface area contributed by atoms with E-state index in [1.165, 1.54) is 0 Å². The second-order valence-corrected chi connectivity index (χ2v) is 4.37. The van der Waals surface area contributed by atoms with E-state index in [2.05, 4.69) is 24.6 Å². The first-order chi connectivity index (χ1) is 8.13. The Balaban J connectivity index is 2.27. The SMILES string of the molecule is C=C(C=CC(=C)C(=O)NC1CC1)CCC=CC. The van der Waals surface area contributed by atoms with Gasteiger partial charge in [-0.3, -0.25) is 4.79 Å². The second-order valence-electron chi connectivity index (χ2n) is 4.37. The van der Waals surface area contributed by atoms with Gasteiger partial charge in [0, 0.05) is 11.6 Å². The summed E-state index contributed by atoms with van der Waals surface area (Å²) in [6, 6.07) is 0.380. The highest BCUT2D eigenvalue weighted by atomic mass is 16.1. The summed E-state index contributed by atoms with van der Waals surface area (Å²) in [6.45, 7) is 9.69. The van der Waals surface area contributed by atoms with Gasteiger partial charge in [-0.05, 0) is 38.7 Å². The van der Waals surface area contributed by atoms with Gasteiger partial charge in [0.05, 0.1) is 0 Å². The van der Waals surface area contributed by atoms with Gasteiger partial charge in [-0.1, -0.05) is 37.0 Å². The van der Waals surface area contributed by atoms with E-state index in [9.17, 15) is 4.79 Å². The van der Waals surface area contributed by atoms with Gasteiger partial charge in [0.1, 0.15) is 0 Å². The topological polar surface area (TPSA) is 29.1 Å². The summed E-state index contributed by atoms with van der Waals surface area (Å²) in [5.74, 6) is -0.0648. The zero-order valence-corrected chi connectivity index (χ0v) is 10.5. The lowest BCUT2D eigenvalue weighted by Gasteiger charge is -2.02. The zero-order valence-electron chi connectivity index (χ0n) is 10.5. The predicted molar refractivity (Wildman–Crippen MR) is 72.6 cm³/mol. The van der Waals surface area contributed by atoms with Gasteiger partial charge in [0.2, 0.25) is 0 Å². The minimum absolute atomic E-state index is 0.0648. The summed E-state index contributed by atoms with van der Waals surface area (Å²) >= 11 is 0. The van der Waals surface area contributed by atoms with Gasteiger partial charge in [0.25, 0.3) is 5.91 Å². The lowest BCUT2D eigenvalue weighted by Crippen LogP contribution is -2.25. The highest BCUT2D eigenvalue weighted by Crippen LogP contribution is 2.19. The summed E-state index contributed by atoms with van der Waals surface area (Å²) in [7, 11) is 0. The molecule has 0 aromatic carbocycles. The van der Waals surface area contributed by atoms with Crippen LogP contribution in [0.25, 0.3) is 0 Å². The molecule has 1 N–H and O–H groups in total. The van der Waals surface area contributed by atoms with Crippen molar-refractivity contribution in [3.05, 3.63) is 48.6 Å². The van der Waals surface area contributed by atoms with Crippen LogP contribution in [0.3, 0.4) is 0 Å². The van der Waals surface area contributed by atoms with Gasteiger partial charge in [-0.25, -0.2) is 0 Å². The van der Waals surface area contributed by atoms with Crippen molar-refractivity contribution in [3.8, 4) is 0 Å². The average molecular weight is 231 g/mol. The van der Waals surface area contributed by atoms with Crippen LogP contribution in [0.1, 0.15) is 32.6 Å². The van der Waals surface area contributed by atoms with Crippen LogP contribution in [-0.2, 0) is 4.79 Å². The maximum Gasteiger partial charge on any atom is 0.250 e. The maximum absolute atomic E-state index is 11.6. The van der Waals surface area contributed by atoms with Crippen molar-refractivity contribution in [2.24, 2.45) is 0 Å². The van der Waals surface area contributed by atoms with Crippen LogP contribution < -0.4 is 5.32 Å². The number of allylic oxidation sites excluding steroid dienone is 4. The number of carbonyl (C=O) groups is 1. The molecule has 1 aliphatic carbocycles. The molecule has 0 saturated heterocycles. The van der Waals surface area contributed by atoms with Crippen LogP contribution in [0, 0.1) is 0 Å². The molecule has 1 aliphatic rings. The third-order valence-corrected chi connectivity index (χ3v) is 2.59. The van der Waals surface area contributed by atoms with Crippen molar-refractivity contribution in [2.45, 2.75) is 38.6 Å². The molecule has 92 valence electrons. The number of amides is 1. The van der Waals surface area contributed by atoms with E-state index in [1.54, 1.807) is 6.08 Å². The summed E-state index contributed by atoms with van der Waals surface area (Å²) in [4.78, 5) is 11.6. The number of hydrogen-bond donors (Lipinski definition) is 1. The smallest absolute Gasteiger partial charge is 0.250 e. The Morgan fingerprint density at radius 2 is 2.06 bits per heavy atom. The molecule has 0 aromatic heterocycles. The Hall–Kier alpha value is -1.57. The standard InChI is InChI=1S/C15H21NO/c1-4-5-6-7-12(2)8-9-13(3)15(17)16-14-10-11-14/h4-5,8-9,14H,2-3,6-7,10-11H2,1H3,(H,16,17). The normalized spacial score (nSPS) is 15.4. The Morgan fingerprint density at radius 3 is 2.65 bits per heavy atom. The minimum Gasteiger partial charge on any atom is -0.349 e. The second kappa shape index (κ2) is 6.89. The quantitative estimate of drug-likeness (QED) is 0.406. The van der Waals surface area contributed by atoms with E-state index in [4.69, 9.17) is 0 Å². The van der Waals surface area contributed by atoms with Crippen molar-refractivity contribution in [3.63, 3.8) is 0 Å². The van der Waals surface area contributed by atoms with Crippen molar-refractivity contribution in [1.29, 1.82) is 0 Å². The molecule has 0 aromatic rings. The number of hydrogen-bond acceptors (Lipinski definition) is 1. The van der Waals surface area contributed by atoms with Crippen LogP contribution in [0.4, 0.5) is 0 Å². The molecule has 0 bridgehead atoms. The fourth-order valence-electron chi connectivity index (χ4n) is 1.32. The molecule has 2 heteroatoms. The van der Waals surface area contributed by atoms with E-state index in [0.717, 1.165) is 31.3 Å². The highest BCUT2D eigenvalue weighted by Gasteiger charge is 2.23. The summed E-state index contributed by atoms with van der Waals surface area (Å²) in [5, 5.41) is 2.90. The van der Waals surface area contributed by atoms with E-state index in [0.29, 0.717) is 11.6 Å². The molecule has 1 saturated carbocycles. The van der Waals surface area contributed by atoms with Crippen molar-refractivity contribution in [2.75, 3.05) is 0 Å². The van der Waals surface area contributed by atoms with Crippen molar-refractivity contribution >= 4 is 5.91 Å². The molecule has 0 radical (unpaired) electrons. The Labute approximate surface area is 104 Å². The summed E-state index contributed by atoms with van der Waals surface area (Å²) in [6.07, 6.45) is 11.8. The van der Waals surface area contributed by atoms with Crippen molar-refractivity contribution in [1.82, 2.24) is 5.32 Å². The fraction of sp³-hybridized carbons (Fsp3) is 0.400. The van der Waals surface area contributed by atoms with Gasteiger partial charge in [-0.2, -0.15) is 0 Å². The molecule has 0 atom stereocenters. The Bertz CT molecular complexity index is 359. The lowest BCUT2D eigenvalue weighted by atomic mass is 10.1. The third kappa shape index (κ3) is 5.91. The first-order valence-corrected chi connectivity index (χ1v) is 6.10. The molecule has 17 heavy (non-hydrogen) atoms. The van der Waals surface area contributed by atoms with Gasteiger partial charge in [-0.15, -0.1) is 0 Å². The number of carbonyl (C=O) groups excluding carboxylic acids is 1. The molecule has 0 unspecified atom stereocenters. The van der Waals surface area contributed by atoms with Crippen LogP contribution in [0.2, 0.25) is 0 Å². The Morgan fingerprint density at radius 1 is 1.35 bits per heavy atom. The molecule has 0 aliphatic heterocycles. The first-order valence-electron chi connectivity index (χ1n) is 6.10. The average Bonchev–Trinajstić information content (AvgIpc) is 3.10. The number of rotatable bonds is 7. The Kier molecular flexibility index (Phi) is 5.47. The molecular weight excluding hydrogens is 210 g/mol. The van der Waals surface area contributed by atoms with Gasteiger partial charge in [0.15, 0.2) is 0 Å². The van der Waals surface area contributed by atoms with Gasteiger partial charge >= 0.3 is 0 Å². The summed E-state index contributed by atoms with van der Waals surface area (Å²) in [5.41, 5.74) is 1.52. The fourth-order valence-corrected chi connectivity index (χ4v) is 1.32. The van der Waals surface area contributed by atoms with Crippen LogP contribution in [-0.4, -0.2) is 11.9 Å².